The van der Waals surface area contributed by atoms with Gasteiger partial charge in [0, 0.05) is 0 Å². The number of hydrogen-bond donors (Lipinski definition) is 1. The zero-order chi connectivity index (χ0) is 19.7. The molecule has 0 aliphatic heterocycles. The summed E-state index contributed by atoms with van der Waals surface area (Å²) in [6, 6.07) is 9.36. The minimum Gasteiger partial charge on any atom is -0.388 e. The molecule has 0 saturated heterocycles. The molecule has 2 aromatic rings. The fourth-order valence-corrected chi connectivity index (χ4v) is 4.25. The molecule has 0 amide bonds. The maximum Gasteiger partial charge on any atom is 0.0832 e. The van der Waals surface area contributed by atoms with Gasteiger partial charge in [0.25, 0.3) is 0 Å². The van der Waals surface area contributed by atoms with Crippen molar-refractivity contribution < 1.29 is 5.11 Å². The molecular weight excluding hydrogens is 316 g/mol. The van der Waals surface area contributed by atoms with Crippen LogP contribution in [0, 0.1) is 11.3 Å². The first-order chi connectivity index (χ1) is 11.7. The molecule has 0 bridgehead atoms. The molecule has 1 nitrogen and oxygen atoms in total. The molecule has 0 radical (unpaired) electrons. The van der Waals surface area contributed by atoms with E-state index < -0.39 is 6.10 Å². The predicted molar refractivity (Wildman–Crippen MR) is 113 cm³/mol. The number of hydrogen-bond acceptors (Lipinski definition) is 1. The Bertz CT molecular complexity index is 832. The van der Waals surface area contributed by atoms with Crippen molar-refractivity contribution in [2.75, 3.05) is 0 Å². The van der Waals surface area contributed by atoms with Gasteiger partial charge in [0.05, 0.1) is 6.10 Å². The summed E-state index contributed by atoms with van der Waals surface area (Å²) in [5, 5.41) is 13.9. The van der Waals surface area contributed by atoms with Gasteiger partial charge in [0.1, 0.15) is 0 Å². The molecule has 0 heterocycles. The Morgan fingerprint density at radius 1 is 0.769 bits per heavy atom. The monoisotopic (exact) mass is 352 g/mol. The maximum atomic E-state index is 11.3. The molecule has 0 aromatic heterocycles. The summed E-state index contributed by atoms with van der Waals surface area (Å²) in [6.45, 7) is 20.4. The van der Waals surface area contributed by atoms with Gasteiger partial charge in [-0.05, 0) is 61.6 Å². The highest BCUT2D eigenvalue weighted by Gasteiger charge is 2.38. The van der Waals surface area contributed by atoms with Gasteiger partial charge in [-0.25, -0.2) is 0 Å². The van der Waals surface area contributed by atoms with E-state index in [2.05, 4.69) is 86.6 Å². The minimum absolute atomic E-state index is 0.0665. The topological polar surface area (TPSA) is 20.2 Å². The molecule has 1 aliphatic carbocycles. The highest BCUT2D eigenvalue weighted by Crippen LogP contribution is 2.48. The first-order valence-electron chi connectivity index (χ1n) is 9.99. The lowest BCUT2D eigenvalue weighted by Crippen LogP contribution is -2.32. The molecule has 1 N–H and O–H groups in total. The van der Waals surface area contributed by atoms with Gasteiger partial charge >= 0.3 is 0 Å². The van der Waals surface area contributed by atoms with Crippen LogP contribution in [0.1, 0.15) is 90.7 Å². The highest BCUT2D eigenvalue weighted by molar-refractivity contribution is 5.92. The molecule has 2 atom stereocenters. The second-order valence-electron chi connectivity index (χ2n) is 11.4. The molecule has 26 heavy (non-hydrogen) atoms. The normalized spacial score (nSPS) is 21.3. The third-order valence-corrected chi connectivity index (χ3v) is 6.15. The Balaban J connectivity index is 2.36. The lowest BCUT2D eigenvalue weighted by Gasteiger charge is -2.40. The van der Waals surface area contributed by atoms with E-state index >= 15 is 0 Å². The molecule has 0 spiro atoms. The van der Waals surface area contributed by atoms with Crippen molar-refractivity contribution in [1.82, 2.24) is 0 Å². The number of aliphatic hydroxyl groups is 1. The van der Waals surface area contributed by atoms with Gasteiger partial charge in [0.2, 0.25) is 0 Å². The summed E-state index contributed by atoms with van der Waals surface area (Å²) in [4.78, 5) is 0. The van der Waals surface area contributed by atoms with Crippen LogP contribution in [0.5, 0.6) is 0 Å². The van der Waals surface area contributed by atoms with Crippen molar-refractivity contribution in [1.29, 1.82) is 0 Å². The molecule has 2 aromatic carbocycles. The van der Waals surface area contributed by atoms with Crippen LogP contribution in [0.15, 0.2) is 24.3 Å². The van der Waals surface area contributed by atoms with Crippen LogP contribution in [-0.2, 0) is 17.3 Å². The fraction of sp³-hybridized carbons (Fsp3) is 0.600. The van der Waals surface area contributed by atoms with Crippen LogP contribution in [0.4, 0.5) is 0 Å². The summed E-state index contributed by atoms with van der Waals surface area (Å²) in [7, 11) is 0. The first kappa shape index (κ1) is 19.4. The summed E-state index contributed by atoms with van der Waals surface area (Å²) >= 11 is 0. The molecule has 1 heteroatoms. The smallest absolute Gasteiger partial charge is 0.0832 e. The van der Waals surface area contributed by atoms with E-state index in [0.717, 1.165) is 12.0 Å². The van der Waals surface area contributed by atoms with Crippen LogP contribution >= 0.6 is 0 Å². The second-order valence-corrected chi connectivity index (χ2v) is 11.4. The molecule has 142 valence electrons. The largest absolute Gasteiger partial charge is 0.388 e. The van der Waals surface area contributed by atoms with E-state index in [4.69, 9.17) is 0 Å². The Kier molecular flexibility index (Phi) is 4.35. The summed E-state index contributed by atoms with van der Waals surface area (Å²) < 4.78 is 0. The summed E-state index contributed by atoms with van der Waals surface area (Å²) in [5.41, 5.74) is 5.50. The van der Waals surface area contributed by atoms with Gasteiger partial charge in [-0.1, -0.05) is 86.6 Å². The Hall–Kier alpha value is -1.34. The fourth-order valence-electron chi connectivity index (χ4n) is 4.25. The Labute approximate surface area is 159 Å². The predicted octanol–water partition coefficient (Wildman–Crippen LogP) is 6.69. The zero-order valence-corrected chi connectivity index (χ0v) is 18.1. The average Bonchev–Trinajstić information content (AvgIpc) is 2.46. The van der Waals surface area contributed by atoms with E-state index in [9.17, 15) is 5.11 Å². The van der Waals surface area contributed by atoms with Crippen molar-refractivity contribution in [2.45, 2.75) is 85.7 Å². The van der Waals surface area contributed by atoms with Crippen LogP contribution in [0.25, 0.3) is 10.8 Å². The van der Waals surface area contributed by atoms with Crippen LogP contribution in [0.2, 0.25) is 0 Å². The standard InChI is InChI=1S/C25H36O/c1-23(2,3)17-10-15-11-18(24(4,5)6)14-19-21(15)16(12-17)13-20(22(19)26)25(7,8)9/h10-12,14,20,22,26H,13H2,1-9H3. The van der Waals surface area contributed by atoms with Crippen LogP contribution < -0.4 is 0 Å². The van der Waals surface area contributed by atoms with E-state index in [1.54, 1.807) is 0 Å². The second kappa shape index (κ2) is 5.83. The first-order valence-corrected chi connectivity index (χ1v) is 9.99. The molecule has 0 fully saturated rings. The number of aliphatic hydroxyl groups excluding tert-OH is 1. The summed E-state index contributed by atoms with van der Waals surface area (Å²) in [5.74, 6) is 0.239. The lowest BCUT2D eigenvalue weighted by molar-refractivity contribution is 0.0397. The van der Waals surface area contributed by atoms with E-state index in [-0.39, 0.29) is 22.2 Å². The van der Waals surface area contributed by atoms with Gasteiger partial charge in [0.15, 0.2) is 0 Å². The highest BCUT2D eigenvalue weighted by atomic mass is 16.3. The average molecular weight is 353 g/mol. The quantitative estimate of drug-likeness (QED) is 0.560. The zero-order valence-electron chi connectivity index (χ0n) is 18.1. The third kappa shape index (κ3) is 3.31. The summed E-state index contributed by atoms with van der Waals surface area (Å²) in [6.07, 6.45) is 0.556. The van der Waals surface area contributed by atoms with Crippen molar-refractivity contribution >= 4 is 10.8 Å². The van der Waals surface area contributed by atoms with E-state index in [1.807, 2.05) is 0 Å². The molecular formula is C25H36O. The number of benzene rings is 2. The van der Waals surface area contributed by atoms with Crippen molar-refractivity contribution in [3.63, 3.8) is 0 Å². The lowest BCUT2D eigenvalue weighted by atomic mass is 9.67. The van der Waals surface area contributed by atoms with Crippen LogP contribution in [-0.4, -0.2) is 5.11 Å². The Morgan fingerprint density at radius 2 is 1.27 bits per heavy atom. The number of rotatable bonds is 0. The SMILES string of the molecule is CC(C)(C)c1cc2c3c(cc(C(C)(C)C)cc3c1)C(O)C(C(C)(C)C)C2. The molecule has 2 unspecified atom stereocenters. The maximum absolute atomic E-state index is 11.3. The minimum atomic E-state index is -0.396. The third-order valence-electron chi connectivity index (χ3n) is 6.15. The van der Waals surface area contributed by atoms with Crippen molar-refractivity contribution in [3.8, 4) is 0 Å². The van der Waals surface area contributed by atoms with Gasteiger partial charge in [-0.2, -0.15) is 0 Å². The van der Waals surface area contributed by atoms with Crippen molar-refractivity contribution in [3.05, 3.63) is 46.5 Å². The van der Waals surface area contributed by atoms with E-state index in [1.165, 1.54) is 27.5 Å². The molecule has 1 aliphatic rings. The molecule has 0 saturated carbocycles. The van der Waals surface area contributed by atoms with Gasteiger partial charge in [-0.15, -0.1) is 0 Å². The van der Waals surface area contributed by atoms with Gasteiger partial charge in [-0.3, -0.25) is 0 Å². The van der Waals surface area contributed by atoms with Gasteiger partial charge < -0.3 is 5.11 Å². The van der Waals surface area contributed by atoms with Crippen LogP contribution in [0.3, 0.4) is 0 Å². The molecule has 3 rings (SSSR count). The van der Waals surface area contributed by atoms with E-state index in [0.29, 0.717) is 0 Å². The van der Waals surface area contributed by atoms with Crippen molar-refractivity contribution in [2.24, 2.45) is 11.3 Å². The Morgan fingerprint density at radius 3 is 1.73 bits per heavy atom.